The van der Waals surface area contributed by atoms with Gasteiger partial charge in [0.15, 0.2) is 11.5 Å². The Morgan fingerprint density at radius 3 is 2.56 bits per heavy atom. The van der Waals surface area contributed by atoms with E-state index in [0.29, 0.717) is 28.5 Å². The summed E-state index contributed by atoms with van der Waals surface area (Å²) in [7, 11) is 4.80. The average molecular weight is 392 g/mol. The Labute approximate surface area is 165 Å². The van der Waals surface area contributed by atoms with E-state index >= 15 is 0 Å². The minimum atomic E-state index is -0.799. The summed E-state index contributed by atoms with van der Waals surface area (Å²) in [6.07, 6.45) is 1.14. The topological polar surface area (TPSA) is 59.0 Å². The van der Waals surface area contributed by atoms with E-state index in [4.69, 9.17) is 21.1 Å². The molecule has 146 valence electrons. The highest BCUT2D eigenvalue weighted by atomic mass is 35.5. The minimum Gasteiger partial charge on any atom is -0.493 e. The molecule has 2 rings (SSSR count). The Hall–Kier alpha value is -2.24. The number of nitrogens with zero attached hydrogens (tertiary/aromatic N) is 1. The number of benzene rings is 2. The zero-order chi connectivity index (χ0) is 19.8. The van der Waals surface area contributed by atoms with Crippen LogP contribution >= 0.6 is 11.6 Å². The first-order chi connectivity index (χ1) is 12.9. The van der Waals surface area contributed by atoms with Crippen molar-refractivity contribution in [3.05, 3.63) is 58.6 Å². The highest BCUT2D eigenvalue weighted by Gasteiger charge is 2.17. The van der Waals surface area contributed by atoms with E-state index in [1.165, 1.54) is 0 Å². The van der Waals surface area contributed by atoms with Crippen molar-refractivity contribution in [1.82, 2.24) is 4.90 Å². The number of aryl methyl sites for hydroxylation is 1. The summed E-state index contributed by atoms with van der Waals surface area (Å²) in [6, 6.07) is 12.9. The van der Waals surface area contributed by atoms with E-state index in [9.17, 15) is 9.90 Å². The number of carbonyl (C=O) groups excluding carboxylic acids is 1. The standard InChI is InChI=1S/C21H26ClNO4/c1-23(21(25)9-5-7-15-6-4-8-17(22)12-15)14-18(24)16-10-11-19(26-2)20(13-16)27-3/h4,6,8,10-13,18,24H,5,7,9,14H2,1-3H3. The molecule has 27 heavy (non-hydrogen) atoms. The number of amides is 1. The number of carbonyl (C=O) groups is 1. The molecule has 2 aromatic carbocycles. The van der Waals surface area contributed by atoms with Gasteiger partial charge in [-0.05, 0) is 48.2 Å². The van der Waals surface area contributed by atoms with Crippen LogP contribution in [-0.4, -0.2) is 43.7 Å². The number of hydrogen-bond acceptors (Lipinski definition) is 4. The third-order valence-electron chi connectivity index (χ3n) is 4.41. The van der Waals surface area contributed by atoms with Gasteiger partial charge in [-0.2, -0.15) is 0 Å². The van der Waals surface area contributed by atoms with Crippen molar-refractivity contribution in [2.24, 2.45) is 0 Å². The largest absolute Gasteiger partial charge is 0.493 e. The maximum atomic E-state index is 12.3. The van der Waals surface area contributed by atoms with Gasteiger partial charge in [-0.1, -0.05) is 29.8 Å². The van der Waals surface area contributed by atoms with Crippen LogP contribution in [0.25, 0.3) is 0 Å². The van der Waals surface area contributed by atoms with E-state index in [2.05, 4.69) is 0 Å². The molecular formula is C21H26ClNO4. The van der Waals surface area contributed by atoms with Crippen LogP contribution in [0.1, 0.15) is 30.1 Å². The van der Waals surface area contributed by atoms with Crippen LogP contribution in [0.2, 0.25) is 5.02 Å². The van der Waals surface area contributed by atoms with E-state index in [1.54, 1.807) is 44.4 Å². The van der Waals surface area contributed by atoms with E-state index < -0.39 is 6.10 Å². The number of halogens is 1. The third-order valence-corrected chi connectivity index (χ3v) is 4.65. The first-order valence-electron chi connectivity index (χ1n) is 8.83. The van der Waals surface area contributed by atoms with Crippen molar-refractivity contribution in [2.75, 3.05) is 27.8 Å². The molecule has 2 aromatic rings. The van der Waals surface area contributed by atoms with Gasteiger partial charge in [0.05, 0.1) is 26.9 Å². The van der Waals surface area contributed by atoms with Gasteiger partial charge in [0.1, 0.15) is 0 Å². The van der Waals surface area contributed by atoms with Crippen LogP contribution in [-0.2, 0) is 11.2 Å². The van der Waals surface area contributed by atoms with Crippen LogP contribution < -0.4 is 9.47 Å². The van der Waals surface area contributed by atoms with E-state index in [0.717, 1.165) is 18.4 Å². The normalized spacial score (nSPS) is 11.7. The zero-order valence-electron chi connectivity index (χ0n) is 15.9. The first kappa shape index (κ1) is 21.1. The van der Waals surface area contributed by atoms with Gasteiger partial charge in [-0.15, -0.1) is 0 Å². The second-order valence-electron chi connectivity index (χ2n) is 6.39. The number of likely N-dealkylation sites (N-methyl/N-ethyl adjacent to an activating group) is 1. The average Bonchev–Trinajstić information content (AvgIpc) is 2.67. The molecule has 0 aromatic heterocycles. The third kappa shape index (κ3) is 6.15. The molecule has 0 aliphatic heterocycles. The Bertz CT molecular complexity index is 766. The quantitative estimate of drug-likeness (QED) is 0.704. The Morgan fingerprint density at radius 2 is 1.89 bits per heavy atom. The zero-order valence-corrected chi connectivity index (χ0v) is 16.7. The summed E-state index contributed by atoms with van der Waals surface area (Å²) in [5.41, 5.74) is 1.79. The van der Waals surface area contributed by atoms with Gasteiger partial charge < -0.3 is 19.5 Å². The van der Waals surface area contributed by atoms with Crippen LogP contribution in [0.4, 0.5) is 0 Å². The molecule has 1 amide bonds. The lowest BCUT2D eigenvalue weighted by Gasteiger charge is -2.22. The fourth-order valence-electron chi connectivity index (χ4n) is 2.85. The van der Waals surface area contributed by atoms with Gasteiger partial charge in [0.25, 0.3) is 0 Å². The lowest BCUT2D eigenvalue weighted by molar-refractivity contribution is -0.131. The van der Waals surface area contributed by atoms with Crippen molar-refractivity contribution >= 4 is 17.5 Å². The highest BCUT2D eigenvalue weighted by Crippen LogP contribution is 2.30. The fourth-order valence-corrected chi connectivity index (χ4v) is 3.07. The summed E-state index contributed by atoms with van der Waals surface area (Å²) in [6.45, 7) is 0.214. The molecule has 0 saturated heterocycles. The van der Waals surface area contributed by atoms with E-state index in [1.807, 2.05) is 24.3 Å². The van der Waals surface area contributed by atoms with Crippen molar-refractivity contribution in [3.63, 3.8) is 0 Å². The highest BCUT2D eigenvalue weighted by molar-refractivity contribution is 6.30. The van der Waals surface area contributed by atoms with Crippen LogP contribution in [0, 0.1) is 0 Å². The molecule has 0 bridgehead atoms. The van der Waals surface area contributed by atoms with E-state index in [-0.39, 0.29) is 12.5 Å². The molecule has 0 aliphatic carbocycles. The smallest absolute Gasteiger partial charge is 0.222 e. The molecular weight excluding hydrogens is 366 g/mol. The summed E-state index contributed by atoms with van der Waals surface area (Å²) in [5.74, 6) is 1.14. The lowest BCUT2D eigenvalue weighted by atomic mass is 10.1. The molecule has 1 atom stereocenters. The summed E-state index contributed by atoms with van der Waals surface area (Å²) in [5, 5.41) is 11.2. The first-order valence-corrected chi connectivity index (χ1v) is 9.20. The monoisotopic (exact) mass is 391 g/mol. The van der Waals surface area contributed by atoms with Crippen molar-refractivity contribution in [1.29, 1.82) is 0 Å². The van der Waals surface area contributed by atoms with Crippen molar-refractivity contribution < 1.29 is 19.4 Å². The number of aliphatic hydroxyl groups is 1. The maximum Gasteiger partial charge on any atom is 0.222 e. The molecule has 0 spiro atoms. The van der Waals surface area contributed by atoms with Crippen LogP contribution in [0.5, 0.6) is 11.5 Å². The van der Waals surface area contributed by atoms with Crippen molar-refractivity contribution in [2.45, 2.75) is 25.4 Å². The van der Waals surface area contributed by atoms with Crippen LogP contribution in [0.15, 0.2) is 42.5 Å². The minimum absolute atomic E-state index is 0.00319. The molecule has 5 nitrogen and oxygen atoms in total. The van der Waals surface area contributed by atoms with Gasteiger partial charge in [0.2, 0.25) is 5.91 Å². The maximum absolute atomic E-state index is 12.3. The second kappa shape index (κ2) is 10.2. The Kier molecular flexibility index (Phi) is 7.95. The number of ether oxygens (including phenoxy) is 2. The molecule has 0 fully saturated rings. The predicted molar refractivity (Wildman–Crippen MR) is 107 cm³/mol. The van der Waals surface area contributed by atoms with Gasteiger partial charge in [-0.25, -0.2) is 0 Å². The Balaban J connectivity index is 1.86. The molecule has 6 heteroatoms. The molecule has 1 unspecified atom stereocenters. The van der Waals surface area contributed by atoms with Crippen LogP contribution in [0.3, 0.4) is 0 Å². The van der Waals surface area contributed by atoms with Gasteiger partial charge in [-0.3, -0.25) is 4.79 Å². The summed E-state index contributed by atoms with van der Waals surface area (Å²) < 4.78 is 10.5. The molecule has 0 saturated carbocycles. The summed E-state index contributed by atoms with van der Waals surface area (Å²) >= 11 is 5.97. The number of aliphatic hydroxyl groups excluding tert-OH is 1. The molecule has 1 N–H and O–H groups in total. The second-order valence-corrected chi connectivity index (χ2v) is 6.82. The molecule has 0 heterocycles. The lowest BCUT2D eigenvalue weighted by Crippen LogP contribution is -2.31. The van der Waals surface area contributed by atoms with Gasteiger partial charge in [0, 0.05) is 18.5 Å². The molecule has 0 radical (unpaired) electrons. The van der Waals surface area contributed by atoms with Crippen molar-refractivity contribution in [3.8, 4) is 11.5 Å². The summed E-state index contributed by atoms with van der Waals surface area (Å²) in [4.78, 5) is 13.9. The SMILES string of the molecule is COc1ccc(C(O)CN(C)C(=O)CCCc2cccc(Cl)c2)cc1OC. The molecule has 0 aliphatic rings. The number of methoxy groups -OCH3 is 2. The fraction of sp³-hybridized carbons (Fsp3) is 0.381. The number of rotatable bonds is 9. The Morgan fingerprint density at radius 1 is 1.15 bits per heavy atom. The predicted octanol–water partition coefficient (Wildman–Crippen LogP) is 3.87. The van der Waals surface area contributed by atoms with Gasteiger partial charge >= 0.3 is 0 Å². The number of hydrogen-bond donors (Lipinski definition) is 1.